The van der Waals surface area contributed by atoms with Crippen molar-refractivity contribution in [1.82, 2.24) is 9.55 Å². The minimum absolute atomic E-state index is 0.0425. The lowest BCUT2D eigenvalue weighted by Crippen LogP contribution is -2.25. The normalized spacial score (nSPS) is 10.4. The first-order valence-corrected chi connectivity index (χ1v) is 7.77. The molecule has 0 bridgehead atoms. The molecule has 4 nitrogen and oxygen atoms in total. The summed E-state index contributed by atoms with van der Waals surface area (Å²) in [7, 11) is 0. The second-order valence-corrected chi connectivity index (χ2v) is 5.53. The SMILES string of the molecule is CCCn1ccnc(NCCSc2ccccc2)c1=O. The Labute approximate surface area is 123 Å². The summed E-state index contributed by atoms with van der Waals surface area (Å²) in [5.41, 5.74) is -0.0425. The largest absolute Gasteiger partial charge is 0.365 e. The summed E-state index contributed by atoms with van der Waals surface area (Å²) in [6, 6.07) is 10.2. The first-order valence-electron chi connectivity index (χ1n) is 6.78. The Morgan fingerprint density at radius 1 is 1.30 bits per heavy atom. The smallest absolute Gasteiger partial charge is 0.293 e. The number of hydrogen-bond donors (Lipinski definition) is 1. The molecule has 0 aliphatic heterocycles. The van der Waals surface area contributed by atoms with Gasteiger partial charge in [-0.3, -0.25) is 4.79 Å². The van der Waals surface area contributed by atoms with E-state index >= 15 is 0 Å². The van der Waals surface area contributed by atoms with Crippen LogP contribution in [0.25, 0.3) is 0 Å². The van der Waals surface area contributed by atoms with Crippen molar-refractivity contribution in [2.45, 2.75) is 24.8 Å². The number of aryl methyl sites for hydroxylation is 1. The maximum absolute atomic E-state index is 12.1. The van der Waals surface area contributed by atoms with E-state index in [-0.39, 0.29) is 5.56 Å². The number of anilines is 1. The standard InChI is InChI=1S/C15H19N3OS/c1-2-10-18-11-8-16-14(15(18)19)17-9-12-20-13-6-4-3-5-7-13/h3-8,11H,2,9-10,12H2,1H3,(H,16,17). The third-order valence-corrected chi connectivity index (χ3v) is 3.80. The van der Waals surface area contributed by atoms with Gasteiger partial charge in [0, 0.05) is 36.1 Å². The van der Waals surface area contributed by atoms with Crippen LogP contribution in [0, 0.1) is 0 Å². The van der Waals surface area contributed by atoms with Crippen LogP contribution in [0.5, 0.6) is 0 Å². The molecule has 2 aromatic rings. The van der Waals surface area contributed by atoms with Crippen LogP contribution in [0.2, 0.25) is 0 Å². The van der Waals surface area contributed by atoms with Gasteiger partial charge in [-0.25, -0.2) is 4.98 Å². The van der Waals surface area contributed by atoms with E-state index in [1.165, 1.54) is 4.90 Å². The van der Waals surface area contributed by atoms with Gasteiger partial charge in [-0.05, 0) is 18.6 Å². The summed E-state index contributed by atoms with van der Waals surface area (Å²) in [6.07, 6.45) is 4.34. The Hall–Kier alpha value is -1.75. The van der Waals surface area contributed by atoms with Crippen LogP contribution in [-0.4, -0.2) is 21.8 Å². The average Bonchev–Trinajstić information content (AvgIpc) is 2.48. The van der Waals surface area contributed by atoms with E-state index in [1.54, 1.807) is 28.7 Å². The quantitative estimate of drug-likeness (QED) is 0.629. The minimum atomic E-state index is -0.0425. The first kappa shape index (κ1) is 14.7. The van der Waals surface area contributed by atoms with Gasteiger partial charge in [0.1, 0.15) is 0 Å². The monoisotopic (exact) mass is 289 g/mol. The molecule has 106 valence electrons. The molecule has 0 radical (unpaired) electrons. The van der Waals surface area contributed by atoms with E-state index in [1.807, 2.05) is 18.2 Å². The molecule has 0 amide bonds. The molecular formula is C15H19N3OS. The van der Waals surface area contributed by atoms with Crippen LogP contribution in [0.4, 0.5) is 5.82 Å². The second kappa shape index (κ2) is 7.75. The Balaban J connectivity index is 1.85. The Morgan fingerprint density at radius 3 is 2.85 bits per heavy atom. The van der Waals surface area contributed by atoms with Crippen molar-refractivity contribution in [3.8, 4) is 0 Å². The lowest BCUT2D eigenvalue weighted by Gasteiger charge is -2.08. The number of nitrogens with zero attached hydrogens (tertiary/aromatic N) is 2. The zero-order valence-electron chi connectivity index (χ0n) is 11.6. The number of aromatic nitrogens is 2. The van der Waals surface area contributed by atoms with Gasteiger partial charge in [0.2, 0.25) is 0 Å². The Bertz CT molecular complexity index is 583. The van der Waals surface area contributed by atoms with Gasteiger partial charge < -0.3 is 9.88 Å². The van der Waals surface area contributed by atoms with Crippen LogP contribution in [0.15, 0.2) is 52.4 Å². The fourth-order valence-electron chi connectivity index (χ4n) is 1.84. The van der Waals surface area contributed by atoms with E-state index in [4.69, 9.17) is 0 Å². The van der Waals surface area contributed by atoms with Gasteiger partial charge in [0.05, 0.1) is 0 Å². The van der Waals surface area contributed by atoms with Gasteiger partial charge >= 0.3 is 0 Å². The second-order valence-electron chi connectivity index (χ2n) is 4.36. The van der Waals surface area contributed by atoms with Crippen molar-refractivity contribution in [1.29, 1.82) is 0 Å². The molecule has 20 heavy (non-hydrogen) atoms. The first-order chi connectivity index (χ1) is 9.81. The van der Waals surface area contributed by atoms with Crippen molar-refractivity contribution in [3.05, 3.63) is 53.1 Å². The molecule has 1 aromatic carbocycles. The number of hydrogen-bond acceptors (Lipinski definition) is 4. The Morgan fingerprint density at radius 2 is 2.10 bits per heavy atom. The van der Waals surface area contributed by atoms with Crippen LogP contribution in [-0.2, 0) is 6.54 Å². The molecule has 0 aliphatic carbocycles. The number of thioether (sulfide) groups is 1. The average molecular weight is 289 g/mol. The lowest BCUT2D eigenvalue weighted by atomic mass is 10.4. The van der Waals surface area contributed by atoms with E-state index in [0.717, 1.165) is 25.3 Å². The van der Waals surface area contributed by atoms with Gasteiger partial charge in [-0.15, -0.1) is 11.8 Å². The molecular weight excluding hydrogens is 270 g/mol. The zero-order chi connectivity index (χ0) is 14.2. The predicted octanol–water partition coefficient (Wildman–Crippen LogP) is 2.86. The van der Waals surface area contributed by atoms with Gasteiger partial charge in [-0.1, -0.05) is 25.1 Å². The van der Waals surface area contributed by atoms with Crippen LogP contribution >= 0.6 is 11.8 Å². The van der Waals surface area contributed by atoms with Crippen molar-refractivity contribution >= 4 is 17.6 Å². The third-order valence-electron chi connectivity index (χ3n) is 2.78. The molecule has 0 unspecified atom stereocenters. The molecule has 0 spiro atoms. The highest BCUT2D eigenvalue weighted by Gasteiger charge is 2.03. The predicted molar refractivity (Wildman–Crippen MR) is 84.4 cm³/mol. The lowest BCUT2D eigenvalue weighted by molar-refractivity contribution is 0.649. The molecule has 2 rings (SSSR count). The summed E-state index contributed by atoms with van der Waals surface area (Å²) in [6.45, 7) is 3.50. The van der Waals surface area contributed by atoms with E-state index < -0.39 is 0 Å². The fourth-order valence-corrected chi connectivity index (χ4v) is 2.63. The summed E-state index contributed by atoms with van der Waals surface area (Å²) >= 11 is 1.76. The maximum atomic E-state index is 12.1. The highest BCUT2D eigenvalue weighted by atomic mass is 32.2. The number of rotatable bonds is 7. The highest BCUT2D eigenvalue weighted by molar-refractivity contribution is 7.99. The highest BCUT2D eigenvalue weighted by Crippen LogP contribution is 2.16. The molecule has 1 heterocycles. The molecule has 5 heteroatoms. The van der Waals surface area contributed by atoms with E-state index in [2.05, 4.69) is 29.4 Å². The van der Waals surface area contributed by atoms with Crippen molar-refractivity contribution in [2.75, 3.05) is 17.6 Å². The topological polar surface area (TPSA) is 46.9 Å². The van der Waals surface area contributed by atoms with Crippen LogP contribution in [0.1, 0.15) is 13.3 Å². The maximum Gasteiger partial charge on any atom is 0.293 e. The Kier molecular flexibility index (Phi) is 5.68. The van der Waals surface area contributed by atoms with Gasteiger partial charge in [0.25, 0.3) is 5.56 Å². The van der Waals surface area contributed by atoms with E-state index in [9.17, 15) is 4.79 Å². The van der Waals surface area contributed by atoms with E-state index in [0.29, 0.717) is 5.82 Å². The van der Waals surface area contributed by atoms with Crippen molar-refractivity contribution < 1.29 is 0 Å². The van der Waals surface area contributed by atoms with Crippen molar-refractivity contribution in [3.63, 3.8) is 0 Å². The van der Waals surface area contributed by atoms with Gasteiger partial charge in [-0.2, -0.15) is 0 Å². The summed E-state index contributed by atoms with van der Waals surface area (Å²) in [5, 5.41) is 3.12. The van der Waals surface area contributed by atoms with Gasteiger partial charge in [0.15, 0.2) is 5.82 Å². The third kappa shape index (κ3) is 4.13. The fraction of sp³-hybridized carbons (Fsp3) is 0.333. The molecule has 1 N–H and O–H groups in total. The van der Waals surface area contributed by atoms with Crippen LogP contribution < -0.4 is 10.9 Å². The molecule has 1 aromatic heterocycles. The summed E-state index contributed by atoms with van der Waals surface area (Å²) in [4.78, 5) is 17.4. The van der Waals surface area contributed by atoms with Crippen LogP contribution in [0.3, 0.4) is 0 Å². The molecule has 0 aliphatic rings. The number of nitrogens with one attached hydrogen (secondary N) is 1. The molecule has 0 saturated carbocycles. The van der Waals surface area contributed by atoms with Crippen molar-refractivity contribution in [2.24, 2.45) is 0 Å². The molecule has 0 saturated heterocycles. The number of benzene rings is 1. The molecule has 0 fully saturated rings. The minimum Gasteiger partial charge on any atom is -0.365 e. The zero-order valence-corrected chi connectivity index (χ0v) is 12.4. The molecule has 0 atom stereocenters. The summed E-state index contributed by atoms with van der Waals surface area (Å²) < 4.78 is 1.69. The summed E-state index contributed by atoms with van der Waals surface area (Å²) in [5.74, 6) is 1.34.